The summed E-state index contributed by atoms with van der Waals surface area (Å²) in [7, 11) is 1.81. The minimum Gasteiger partial charge on any atom is -0.447 e. The number of aromatic amines is 1. The number of hydrogen-bond donors (Lipinski definition) is 1. The van der Waals surface area contributed by atoms with Gasteiger partial charge in [-0.3, -0.25) is 4.90 Å². The summed E-state index contributed by atoms with van der Waals surface area (Å²) in [5, 5.41) is 1.27. The summed E-state index contributed by atoms with van der Waals surface area (Å²) in [4.78, 5) is 19.3. The van der Waals surface area contributed by atoms with Gasteiger partial charge in [0.1, 0.15) is 6.61 Å². The van der Waals surface area contributed by atoms with Gasteiger partial charge in [0, 0.05) is 49.3 Å². The van der Waals surface area contributed by atoms with Crippen LogP contribution in [0, 0.1) is 0 Å². The van der Waals surface area contributed by atoms with Crippen LogP contribution in [0.4, 0.5) is 4.79 Å². The molecule has 1 fully saturated rings. The quantitative estimate of drug-likeness (QED) is 0.687. The van der Waals surface area contributed by atoms with Crippen molar-refractivity contribution in [1.29, 1.82) is 0 Å². The Hall–Kier alpha value is -3.05. The third-order valence-corrected chi connectivity index (χ3v) is 6.34. The minimum atomic E-state index is -0.226. The zero-order valence-electron chi connectivity index (χ0n) is 17.3. The Morgan fingerprint density at radius 1 is 1.13 bits per heavy atom. The van der Waals surface area contributed by atoms with Gasteiger partial charge in [-0.05, 0) is 41.7 Å². The molecule has 2 aromatic carbocycles. The molecular weight excluding hydrogens is 374 g/mol. The number of H-pyrrole nitrogens is 1. The second-order valence-corrected chi connectivity index (χ2v) is 8.33. The van der Waals surface area contributed by atoms with Crippen molar-refractivity contribution in [3.05, 3.63) is 77.5 Å². The third kappa shape index (κ3) is 3.73. The lowest BCUT2D eigenvalue weighted by molar-refractivity contribution is 0.163. The first-order valence-electron chi connectivity index (χ1n) is 10.6. The highest BCUT2D eigenvalue weighted by Crippen LogP contribution is 2.31. The Kier molecular flexibility index (Phi) is 5.05. The average molecular weight is 402 g/mol. The standard InChI is InChI=1S/C25H27N3O2/c1-27-21(17-30-25(27)29)13-19-7-8-24-22(14-19)23(15-26-24)20-9-11-28(12-10-20)16-18-5-3-2-4-6-18/h2-9,14-15,21,26H,10-13,16-17H2,1H3/t21-/m0/s1. The monoisotopic (exact) mass is 401 g/mol. The van der Waals surface area contributed by atoms with Crippen molar-refractivity contribution in [2.75, 3.05) is 26.7 Å². The fraction of sp³-hybridized carbons (Fsp3) is 0.320. The van der Waals surface area contributed by atoms with Gasteiger partial charge in [0.15, 0.2) is 0 Å². The molecule has 1 N–H and O–H groups in total. The first-order valence-corrected chi connectivity index (χ1v) is 10.6. The summed E-state index contributed by atoms with van der Waals surface area (Å²) < 4.78 is 5.16. The van der Waals surface area contributed by atoms with E-state index >= 15 is 0 Å². The summed E-state index contributed by atoms with van der Waals surface area (Å²) in [5.41, 5.74) is 6.48. The number of rotatable bonds is 5. The van der Waals surface area contributed by atoms with E-state index in [1.54, 1.807) is 4.90 Å². The molecule has 0 spiro atoms. The summed E-state index contributed by atoms with van der Waals surface area (Å²) in [6.45, 7) is 3.51. The van der Waals surface area contributed by atoms with Gasteiger partial charge in [-0.25, -0.2) is 4.79 Å². The zero-order chi connectivity index (χ0) is 20.5. The Morgan fingerprint density at radius 2 is 2.00 bits per heavy atom. The topological polar surface area (TPSA) is 48.6 Å². The Bertz CT molecular complexity index is 1090. The van der Waals surface area contributed by atoms with Crippen LogP contribution < -0.4 is 0 Å². The number of ether oxygens (including phenoxy) is 1. The molecule has 5 heteroatoms. The van der Waals surface area contributed by atoms with Gasteiger partial charge in [-0.2, -0.15) is 0 Å². The number of benzene rings is 2. The van der Waals surface area contributed by atoms with Crippen molar-refractivity contribution in [3.8, 4) is 0 Å². The molecule has 2 aliphatic heterocycles. The highest BCUT2D eigenvalue weighted by Gasteiger charge is 2.29. The smallest absolute Gasteiger partial charge is 0.409 e. The molecule has 0 saturated carbocycles. The van der Waals surface area contributed by atoms with Crippen LogP contribution in [-0.4, -0.2) is 53.7 Å². The van der Waals surface area contributed by atoms with Crippen molar-refractivity contribution < 1.29 is 9.53 Å². The number of amides is 1. The predicted molar refractivity (Wildman–Crippen MR) is 119 cm³/mol. The largest absolute Gasteiger partial charge is 0.447 e. The number of carbonyl (C=O) groups is 1. The van der Waals surface area contributed by atoms with Crippen LogP contribution in [0.1, 0.15) is 23.1 Å². The number of aromatic nitrogens is 1. The van der Waals surface area contributed by atoms with E-state index in [1.165, 1.54) is 27.6 Å². The number of nitrogens with zero attached hydrogens (tertiary/aromatic N) is 2. The summed E-state index contributed by atoms with van der Waals surface area (Å²) in [5.74, 6) is 0. The molecule has 1 aromatic heterocycles. The van der Waals surface area contributed by atoms with Crippen molar-refractivity contribution >= 4 is 22.6 Å². The molecule has 1 saturated heterocycles. The highest BCUT2D eigenvalue weighted by molar-refractivity contribution is 5.93. The van der Waals surface area contributed by atoms with Crippen LogP contribution >= 0.6 is 0 Å². The van der Waals surface area contributed by atoms with Crippen LogP contribution in [0.2, 0.25) is 0 Å². The van der Waals surface area contributed by atoms with Gasteiger partial charge >= 0.3 is 6.09 Å². The van der Waals surface area contributed by atoms with Crippen molar-refractivity contribution in [3.63, 3.8) is 0 Å². The van der Waals surface area contributed by atoms with Crippen molar-refractivity contribution in [2.45, 2.75) is 25.4 Å². The minimum absolute atomic E-state index is 0.109. The van der Waals surface area contributed by atoms with Gasteiger partial charge in [-0.1, -0.05) is 42.5 Å². The predicted octanol–water partition coefficient (Wildman–Crippen LogP) is 4.45. The first-order chi connectivity index (χ1) is 14.7. The number of fused-ring (bicyclic) bond motifs is 1. The van der Waals surface area contributed by atoms with Crippen LogP contribution in [-0.2, 0) is 17.7 Å². The first kappa shape index (κ1) is 18.9. The van der Waals surface area contributed by atoms with Crippen LogP contribution in [0.5, 0.6) is 0 Å². The molecule has 154 valence electrons. The van der Waals surface area contributed by atoms with Crippen molar-refractivity contribution in [1.82, 2.24) is 14.8 Å². The second kappa shape index (κ2) is 8.00. The van der Waals surface area contributed by atoms with Gasteiger partial charge in [-0.15, -0.1) is 0 Å². The maximum atomic E-state index is 11.6. The molecule has 3 aromatic rings. The fourth-order valence-electron chi connectivity index (χ4n) is 4.50. The van der Waals surface area contributed by atoms with E-state index in [9.17, 15) is 4.79 Å². The van der Waals surface area contributed by atoms with Gasteiger partial charge < -0.3 is 14.6 Å². The number of nitrogens with one attached hydrogen (secondary N) is 1. The van der Waals surface area contributed by atoms with Gasteiger partial charge in [0.05, 0.1) is 6.04 Å². The Balaban J connectivity index is 1.33. The van der Waals surface area contributed by atoms with E-state index in [0.29, 0.717) is 6.61 Å². The number of cyclic esters (lactones) is 1. The van der Waals surface area contributed by atoms with E-state index in [-0.39, 0.29) is 12.1 Å². The molecule has 2 aliphatic rings. The molecule has 3 heterocycles. The maximum Gasteiger partial charge on any atom is 0.409 e. The lowest BCUT2D eigenvalue weighted by Crippen LogP contribution is -2.31. The molecule has 0 bridgehead atoms. The summed E-state index contributed by atoms with van der Waals surface area (Å²) >= 11 is 0. The van der Waals surface area contributed by atoms with Crippen LogP contribution in [0.3, 0.4) is 0 Å². The lowest BCUT2D eigenvalue weighted by Gasteiger charge is -2.26. The molecule has 0 aliphatic carbocycles. The van der Waals surface area contributed by atoms with E-state index in [1.807, 2.05) is 7.05 Å². The number of carbonyl (C=O) groups excluding carboxylic acids is 1. The summed E-state index contributed by atoms with van der Waals surface area (Å²) in [6.07, 6.45) is 6.15. The number of hydrogen-bond acceptors (Lipinski definition) is 3. The van der Waals surface area contributed by atoms with Crippen LogP contribution in [0.25, 0.3) is 16.5 Å². The maximum absolute atomic E-state index is 11.6. The van der Waals surface area contributed by atoms with Crippen LogP contribution in [0.15, 0.2) is 60.8 Å². The lowest BCUT2D eigenvalue weighted by atomic mass is 9.96. The normalized spacial score (nSPS) is 19.9. The summed E-state index contributed by atoms with van der Waals surface area (Å²) in [6, 6.07) is 17.4. The second-order valence-electron chi connectivity index (χ2n) is 8.33. The van der Waals surface area contributed by atoms with Crippen molar-refractivity contribution in [2.24, 2.45) is 0 Å². The molecule has 1 atom stereocenters. The average Bonchev–Trinajstić information content (AvgIpc) is 3.33. The molecule has 1 amide bonds. The molecule has 30 heavy (non-hydrogen) atoms. The van der Waals surface area contributed by atoms with E-state index in [2.05, 4.69) is 70.7 Å². The zero-order valence-corrected chi connectivity index (χ0v) is 17.3. The molecule has 0 radical (unpaired) electrons. The SMILES string of the molecule is CN1C(=O)OC[C@@H]1Cc1ccc2[nH]cc(C3=CCN(Cc4ccccc4)CC3)c2c1. The Labute approximate surface area is 176 Å². The van der Waals surface area contributed by atoms with Gasteiger partial charge in [0.25, 0.3) is 0 Å². The van der Waals surface area contributed by atoms with E-state index < -0.39 is 0 Å². The number of likely N-dealkylation sites (N-methyl/N-ethyl adjacent to an activating group) is 1. The molecule has 0 unspecified atom stereocenters. The third-order valence-electron chi connectivity index (χ3n) is 6.34. The molecular formula is C25H27N3O2. The molecule has 5 rings (SSSR count). The molecule has 5 nitrogen and oxygen atoms in total. The van der Waals surface area contributed by atoms with E-state index in [4.69, 9.17) is 4.74 Å². The fourth-order valence-corrected chi connectivity index (χ4v) is 4.50. The Morgan fingerprint density at radius 3 is 2.73 bits per heavy atom. The highest BCUT2D eigenvalue weighted by atomic mass is 16.6. The van der Waals surface area contributed by atoms with Gasteiger partial charge in [0.2, 0.25) is 0 Å². The van der Waals surface area contributed by atoms with E-state index in [0.717, 1.165) is 38.0 Å².